The van der Waals surface area contributed by atoms with E-state index in [-0.39, 0.29) is 31.5 Å². The molecule has 1 aliphatic rings. The standard InChI is InChI=1S/C21H33NO11S/c1-6-7-22(12-28-8-9-34-16(5)26)21(27)33-19-10-17(30-14(3)24)20(31-15(4)25)18(32-19)11-29-13(2)23/h17-20H,6-12H2,1-5H3/t17-,18-,19+,20-/m1/s1. The molecule has 12 nitrogen and oxygen atoms in total. The molecule has 0 spiro atoms. The van der Waals surface area contributed by atoms with Crippen LogP contribution in [0.4, 0.5) is 4.79 Å². The number of carbonyl (C=O) groups excluding carboxylic acids is 5. The van der Waals surface area contributed by atoms with Crippen molar-refractivity contribution in [1.29, 1.82) is 0 Å². The van der Waals surface area contributed by atoms with E-state index in [9.17, 15) is 24.0 Å². The molecule has 1 rings (SSSR count). The molecule has 34 heavy (non-hydrogen) atoms. The third-order valence-corrected chi connectivity index (χ3v) is 5.10. The number of hydrogen-bond donors (Lipinski definition) is 0. The van der Waals surface area contributed by atoms with Crippen molar-refractivity contribution < 1.29 is 52.4 Å². The monoisotopic (exact) mass is 507 g/mol. The van der Waals surface area contributed by atoms with Gasteiger partial charge in [-0.2, -0.15) is 0 Å². The maximum atomic E-state index is 12.7. The van der Waals surface area contributed by atoms with Gasteiger partial charge in [0.1, 0.15) is 25.5 Å². The second-order valence-corrected chi connectivity index (χ2v) is 8.66. The van der Waals surface area contributed by atoms with E-state index >= 15 is 0 Å². The minimum absolute atomic E-state index is 0.0273. The molecule has 0 bridgehead atoms. The molecule has 0 saturated carbocycles. The Labute approximate surface area is 202 Å². The Hall–Kier alpha value is -2.38. The Kier molecular flexibility index (Phi) is 13.5. The van der Waals surface area contributed by atoms with E-state index in [4.69, 9.17) is 28.4 Å². The van der Waals surface area contributed by atoms with E-state index in [1.165, 1.54) is 32.6 Å². The highest BCUT2D eigenvalue weighted by Gasteiger charge is 2.45. The first-order valence-corrected chi connectivity index (χ1v) is 11.8. The van der Waals surface area contributed by atoms with E-state index in [0.29, 0.717) is 18.7 Å². The number of hydrogen-bond acceptors (Lipinski definition) is 12. The first-order chi connectivity index (χ1) is 16.0. The number of rotatable bonds is 12. The molecule has 0 aromatic carbocycles. The SMILES string of the molecule is CCCN(COCCSC(C)=O)C(=O)O[C@H]1C[C@@H](OC(C)=O)[C@@H](OC(C)=O)[C@@H](COC(C)=O)O1. The Morgan fingerprint density at radius 3 is 2.21 bits per heavy atom. The normalized spacial score (nSPS) is 21.8. The summed E-state index contributed by atoms with van der Waals surface area (Å²) in [6.07, 6.45) is -4.47. The van der Waals surface area contributed by atoms with Gasteiger partial charge >= 0.3 is 24.0 Å². The molecule has 0 aromatic rings. The van der Waals surface area contributed by atoms with Crippen LogP contribution in [0.3, 0.4) is 0 Å². The summed E-state index contributed by atoms with van der Waals surface area (Å²) in [5.74, 6) is -1.43. The Morgan fingerprint density at radius 1 is 0.971 bits per heavy atom. The molecule has 0 aromatic heterocycles. The third-order valence-electron chi connectivity index (χ3n) is 4.32. The smallest absolute Gasteiger partial charge is 0.413 e. The highest BCUT2D eigenvalue weighted by atomic mass is 32.2. The molecule has 1 heterocycles. The van der Waals surface area contributed by atoms with Gasteiger partial charge in [0.15, 0.2) is 11.2 Å². The number of thioether (sulfide) groups is 1. The summed E-state index contributed by atoms with van der Waals surface area (Å²) in [5, 5.41) is -0.0273. The zero-order valence-electron chi connectivity index (χ0n) is 20.1. The predicted molar refractivity (Wildman–Crippen MR) is 118 cm³/mol. The maximum Gasteiger partial charge on any atom is 0.413 e. The van der Waals surface area contributed by atoms with Gasteiger partial charge in [0.25, 0.3) is 0 Å². The fourth-order valence-electron chi connectivity index (χ4n) is 3.06. The van der Waals surface area contributed by atoms with Gasteiger partial charge in [-0.15, -0.1) is 0 Å². The summed E-state index contributed by atoms with van der Waals surface area (Å²) in [6, 6.07) is 0. The molecule has 1 fully saturated rings. The second-order valence-electron chi connectivity index (χ2n) is 7.39. The lowest BCUT2D eigenvalue weighted by Crippen LogP contribution is -2.55. The van der Waals surface area contributed by atoms with Crippen LogP contribution in [0.5, 0.6) is 0 Å². The van der Waals surface area contributed by atoms with E-state index < -0.39 is 48.6 Å². The fraction of sp³-hybridized carbons (Fsp3) is 0.762. The van der Waals surface area contributed by atoms with Crippen molar-refractivity contribution in [1.82, 2.24) is 4.90 Å². The van der Waals surface area contributed by atoms with E-state index in [0.717, 1.165) is 11.8 Å². The highest BCUT2D eigenvalue weighted by molar-refractivity contribution is 8.13. The lowest BCUT2D eigenvalue weighted by atomic mass is 10.0. The minimum atomic E-state index is -1.17. The third kappa shape index (κ3) is 11.7. The van der Waals surface area contributed by atoms with Gasteiger partial charge in [-0.1, -0.05) is 18.7 Å². The molecule has 13 heteroatoms. The van der Waals surface area contributed by atoms with E-state index in [1.807, 2.05) is 6.92 Å². The Morgan fingerprint density at radius 2 is 1.65 bits per heavy atom. The Bertz CT molecular complexity index is 717. The summed E-state index contributed by atoms with van der Waals surface area (Å²) in [4.78, 5) is 59.5. The van der Waals surface area contributed by atoms with Crippen LogP contribution in [-0.4, -0.2) is 90.9 Å². The van der Waals surface area contributed by atoms with Crippen LogP contribution in [0.25, 0.3) is 0 Å². The topological polar surface area (TPSA) is 144 Å². The van der Waals surface area contributed by atoms with E-state index in [1.54, 1.807) is 0 Å². The van der Waals surface area contributed by atoms with Crippen LogP contribution in [0, 0.1) is 0 Å². The number of ether oxygens (including phenoxy) is 6. The largest absolute Gasteiger partial charge is 0.463 e. The molecule has 0 unspecified atom stereocenters. The van der Waals surface area contributed by atoms with Crippen molar-refractivity contribution in [3.8, 4) is 0 Å². The Balaban J connectivity index is 2.87. The molecular formula is C21H33NO11S. The van der Waals surface area contributed by atoms with Crippen LogP contribution >= 0.6 is 11.8 Å². The van der Waals surface area contributed by atoms with Gasteiger partial charge in [-0.25, -0.2) is 4.79 Å². The molecule has 194 valence electrons. The molecule has 0 aliphatic carbocycles. The van der Waals surface area contributed by atoms with E-state index in [2.05, 4.69) is 0 Å². The quantitative estimate of drug-likeness (QED) is 0.164. The number of esters is 3. The van der Waals surface area contributed by atoms with Crippen LogP contribution in [0.2, 0.25) is 0 Å². The maximum absolute atomic E-state index is 12.7. The lowest BCUT2D eigenvalue weighted by Gasteiger charge is -2.39. The van der Waals surface area contributed by atoms with Gasteiger partial charge in [0.05, 0.1) is 13.0 Å². The van der Waals surface area contributed by atoms with Gasteiger partial charge in [0, 0.05) is 40.0 Å². The lowest BCUT2D eigenvalue weighted by molar-refractivity contribution is -0.254. The molecule has 4 atom stereocenters. The molecule has 0 N–H and O–H groups in total. The summed E-state index contributed by atoms with van der Waals surface area (Å²) in [6.45, 7) is 7.13. The van der Waals surface area contributed by atoms with Gasteiger partial charge < -0.3 is 28.4 Å². The van der Waals surface area contributed by atoms with Crippen molar-refractivity contribution in [2.75, 3.05) is 32.2 Å². The van der Waals surface area contributed by atoms with Crippen molar-refractivity contribution >= 4 is 40.9 Å². The average Bonchev–Trinajstić information content (AvgIpc) is 2.72. The molecule has 1 saturated heterocycles. The highest BCUT2D eigenvalue weighted by Crippen LogP contribution is 2.27. The summed E-state index contributed by atoms with van der Waals surface area (Å²) in [7, 11) is 0. The van der Waals surface area contributed by atoms with Crippen LogP contribution in [0.15, 0.2) is 0 Å². The van der Waals surface area contributed by atoms with Gasteiger partial charge in [-0.05, 0) is 6.42 Å². The molecular weight excluding hydrogens is 474 g/mol. The number of carbonyl (C=O) groups is 5. The van der Waals surface area contributed by atoms with Crippen LogP contribution in [0.1, 0.15) is 47.5 Å². The summed E-state index contributed by atoms with van der Waals surface area (Å²) < 4.78 is 32.2. The zero-order valence-corrected chi connectivity index (χ0v) is 20.9. The number of nitrogens with zero attached hydrogens (tertiary/aromatic N) is 1. The molecule has 1 amide bonds. The molecule has 1 aliphatic heterocycles. The molecule has 0 radical (unpaired) electrons. The van der Waals surface area contributed by atoms with Gasteiger partial charge in [-0.3, -0.25) is 24.1 Å². The van der Waals surface area contributed by atoms with Gasteiger partial charge in [0.2, 0.25) is 6.29 Å². The van der Waals surface area contributed by atoms with Crippen molar-refractivity contribution in [3.63, 3.8) is 0 Å². The summed E-state index contributed by atoms with van der Waals surface area (Å²) >= 11 is 1.12. The first-order valence-electron chi connectivity index (χ1n) is 10.8. The van der Waals surface area contributed by atoms with Crippen molar-refractivity contribution in [3.05, 3.63) is 0 Å². The van der Waals surface area contributed by atoms with Crippen LogP contribution in [-0.2, 0) is 47.6 Å². The fourth-order valence-corrected chi connectivity index (χ4v) is 3.55. The second kappa shape index (κ2) is 15.5. The zero-order chi connectivity index (χ0) is 25.7. The van der Waals surface area contributed by atoms with Crippen molar-refractivity contribution in [2.45, 2.75) is 72.1 Å². The minimum Gasteiger partial charge on any atom is -0.463 e. The van der Waals surface area contributed by atoms with Crippen LogP contribution < -0.4 is 0 Å². The van der Waals surface area contributed by atoms with Crippen molar-refractivity contribution in [2.24, 2.45) is 0 Å². The first kappa shape index (κ1) is 29.7. The number of amides is 1. The predicted octanol–water partition coefficient (Wildman–Crippen LogP) is 1.63. The summed E-state index contributed by atoms with van der Waals surface area (Å²) in [5.41, 5.74) is 0. The average molecular weight is 508 g/mol.